The van der Waals surface area contributed by atoms with Gasteiger partial charge in [-0.05, 0) is 112 Å². The summed E-state index contributed by atoms with van der Waals surface area (Å²) in [6.45, 7) is 12.3. The predicted octanol–water partition coefficient (Wildman–Crippen LogP) is 3.29. The lowest BCUT2D eigenvalue weighted by Crippen LogP contribution is -2.46. The zero-order chi connectivity index (χ0) is 34.8. The number of aliphatic hydroxyl groups excluding tert-OH is 1. The van der Waals surface area contributed by atoms with Crippen molar-refractivity contribution in [2.75, 3.05) is 80.0 Å². The van der Waals surface area contributed by atoms with Crippen LogP contribution in [-0.4, -0.2) is 107 Å². The van der Waals surface area contributed by atoms with Crippen molar-refractivity contribution in [1.82, 2.24) is 26.2 Å². The molecule has 1 aliphatic carbocycles. The second kappa shape index (κ2) is 18.0. The van der Waals surface area contributed by atoms with E-state index >= 15 is 0 Å². The molecule has 2 amide bonds. The van der Waals surface area contributed by atoms with E-state index in [2.05, 4.69) is 40.0 Å². The van der Waals surface area contributed by atoms with Gasteiger partial charge in [0, 0.05) is 24.3 Å². The first-order valence-electron chi connectivity index (χ1n) is 17.8. The Morgan fingerprint density at radius 1 is 0.898 bits per heavy atom. The fourth-order valence-electron chi connectivity index (χ4n) is 7.32. The Bertz CT molecular complexity index is 1350. The Morgan fingerprint density at radius 2 is 1.53 bits per heavy atom. The van der Waals surface area contributed by atoms with E-state index in [1.54, 1.807) is 12.1 Å². The van der Waals surface area contributed by atoms with Crippen molar-refractivity contribution >= 4 is 6.03 Å². The van der Waals surface area contributed by atoms with Crippen LogP contribution in [0.4, 0.5) is 4.79 Å². The van der Waals surface area contributed by atoms with Crippen LogP contribution in [0.1, 0.15) is 68.2 Å². The first-order chi connectivity index (χ1) is 23.9. The van der Waals surface area contributed by atoms with E-state index in [0.717, 1.165) is 81.8 Å². The monoisotopic (exact) mass is 685 g/mol. The van der Waals surface area contributed by atoms with Crippen LogP contribution in [0.2, 0.25) is 0 Å². The minimum Gasteiger partial charge on any atom is -0.502 e. The maximum atomic E-state index is 13.4. The SMILES string of the molecule is CCCNCCCNCCCN(CC)CCCNC(=O)N[C@@H]1c2cc3c(cc2[C@@H](c2cc(OC)c(O)c(OC)c2)[C@H]2C(O)OC[C@@H]21)OCO3. The van der Waals surface area contributed by atoms with Gasteiger partial charge in [-0.25, -0.2) is 4.79 Å². The molecule has 2 aromatic rings. The van der Waals surface area contributed by atoms with Crippen molar-refractivity contribution in [3.05, 3.63) is 41.0 Å². The number of amides is 2. The van der Waals surface area contributed by atoms with Crippen LogP contribution >= 0.6 is 0 Å². The van der Waals surface area contributed by atoms with E-state index in [4.69, 9.17) is 23.7 Å². The fourth-order valence-corrected chi connectivity index (χ4v) is 7.32. The van der Waals surface area contributed by atoms with E-state index < -0.39 is 18.2 Å². The number of fused-ring (bicyclic) bond motifs is 3. The molecule has 2 aromatic carbocycles. The lowest BCUT2D eigenvalue weighted by molar-refractivity contribution is -0.0855. The normalized spacial score (nSPS) is 22.1. The van der Waals surface area contributed by atoms with Gasteiger partial charge in [0.1, 0.15) is 0 Å². The Morgan fingerprint density at radius 3 is 2.18 bits per heavy atom. The van der Waals surface area contributed by atoms with E-state index in [1.807, 2.05) is 12.1 Å². The third kappa shape index (κ3) is 8.82. The average Bonchev–Trinajstić information content (AvgIpc) is 3.73. The second-order valence-electron chi connectivity index (χ2n) is 12.9. The zero-order valence-corrected chi connectivity index (χ0v) is 29.4. The number of ether oxygens (including phenoxy) is 5. The molecular weight excluding hydrogens is 630 g/mol. The van der Waals surface area contributed by atoms with E-state index in [9.17, 15) is 15.0 Å². The molecule has 5 atom stereocenters. The molecule has 2 aliphatic heterocycles. The Hall–Kier alpha value is -3.49. The van der Waals surface area contributed by atoms with Crippen molar-refractivity contribution in [1.29, 1.82) is 0 Å². The number of carbonyl (C=O) groups excluding carboxylic acids is 1. The summed E-state index contributed by atoms with van der Waals surface area (Å²) >= 11 is 0. The maximum Gasteiger partial charge on any atom is 0.315 e. The lowest BCUT2D eigenvalue weighted by Gasteiger charge is -2.41. The van der Waals surface area contributed by atoms with Gasteiger partial charge in [-0.1, -0.05) is 13.8 Å². The van der Waals surface area contributed by atoms with Crippen LogP contribution in [0.25, 0.3) is 0 Å². The Kier molecular flexibility index (Phi) is 13.5. The molecule has 13 heteroatoms. The van der Waals surface area contributed by atoms with E-state index in [1.165, 1.54) is 20.6 Å². The third-order valence-electron chi connectivity index (χ3n) is 9.84. The number of nitrogens with zero attached hydrogens (tertiary/aromatic N) is 1. The number of urea groups is 1. The van der Waals surface area contributed by atoms with Gasteiger partial charge in [0.2, 0.25) is 12.5 Å². The van der Waals surface area contributed by atoms with E-state index in [-0.39, 0.29) is 48.5 Å². The van der Waals surface area contributed by atoms with Crippen molar-refractivity contribution in [2.45, 2.75) is 57.8 Å². The van der Waals surface area contributed by atoms with Crippen molar-refractivity contribution in [3.63, 3.8) is 0 Å². The summed E-state index contributed by atoms with van der Waals surface area (Å²) in [7, 11) is 2.96. The summed E-state index contributed by atoms with van der Waals surface area (Å²) < 4.78 is 28.3. The summed E-state index contributed by atoms with van der Waals surface area (Å²) in [5, 5.41) is 35.0. The van der Waals surface area contributed by atoms with E-state index in [0.29, 0.717) is 18.0 Å². The van der Waals surface area contributed by atoms with Gasteiger partial charge in [-0.15, -0.1) is 0 Å². The van der Waals surface area contributed by atoms with Crippen LogP contribution < -0.4 is 40.2 Å². The molecule has 0 bridgehead atoms. The number of phenols is 1. The molecule has 3 aliphatic rings. The minimum atomic E-state index is -1.08. The van der Waals surface area contributed by atoms with Crippen LogP contribution in [0, 0.1) is 11.8 Å². The number of hydrogen-bond donors (Lipinski definition) is 6. The van der Waals surface area contributed by atoms with Crippen molar-refractivity contribution < 1.29 is 38.7 Å². The molecule has 6 N–H and O–H groups in total. The Labute approximate surface area is 290 Å². The molecule has 1 fully saturated rings. The number of nitrogens with one attached hydrogen (secondary N) is 4. The molecule has 5 rings (SSSR count). The average molecular weight is 686 g/mol. The first-order valence-corrected chi connectivity index (χ1v) is 17.8. The van der Waals surface area contributed by atoms with Crippen molar-refractivity contribution in [3.8, 4) is 28.7 Å². The predicted molar refractivity (Wildman–Crippen MR) is 186 cm³/mol. The van der Waals surface area contributed by atoms with Crippen LogP contribution in [-0.2, 0) is 4.74 Å². The molecule has 1 saturated heterocycles. The molecule has 0 saturated carbocycles. The smallest absolute Gasteiger partial charge is 0.315 e. The third-order valence-corrected chi connectivity index (χ3v) is 9.84. The number of hydrogen-bond acceptors (Lipinski definition) is 11. The van der Waals surface area contributed by atoms with Gasteiger partial charge in [-0.3, -0.25) is 0 Å². The maximum absolute atomic E-state index is 13.4. The van der Waals surface area contributed by atoms with Gasteiger partial charge in [0.25, 0.3) is 0 Å². The summed E-state index contributed by atoms with van der Waals surface area (Å²) in [6.07, 6.45) is 3.15. The van der Waals surface area contributed by atoms with Gasteiger partial charge in [0.05, 0.1) is 26.9 Å². The highest BCUT2D eigenvalue weighted by Crippen LogP contribution is 2.56. The van der Waals surface area contributed by atoms with Crippen LogP contribution in [0.3, 0.4) is 0 Å². The molecule has 0 spiro atoms. The summed E-state index contributed by atoms with van der Waals surface area (Å²) in [6, 6.07) is 6.61. The molecular formula is C36H55N5O8. The highest BCUT2D eigenvalue weighted by molar-refractivity contribution is 5.75. The summed E-state index contributed by atoms with van der Waals surface area (Å²) in [5.74, 6) is 0.552. The zero-order valence-electron chi connectivity index (χ0n) is 29.4. The van der Waals surface area contributed by atoms with Gasteiger partial charge < -0.3 is 60.1 Å². The highest BCUT2D eigenvalue weighted by atomic mass is 16.7. The molecule has 0 aromatic heterocycles. The summed E-state index contributed by atoms with van der Waals surface area (Å²) in [4.78, 5) is 15.8. The number of aliphatic hydroxyl groups is 1. The Balaban J connectivity index is 1.22. The number of aromatic hydroxyl groups is 1. The quantitative estimate of drug-likeness (QED) is 0.121. The molecule has 272 valence electrons. The standard InChI is InChI=1S/C36H55N5O8/c1-5-10-37-11-7-12-38-13-8-15-41(6-2)16-9-14-39-36(44)40-33-25-20-28-27(48-22-49-28)19-24(25)31(32-26(33)21-47-35(32)43)23-17-29(45-3)34(42)30(18-23)46-4/h17-20,26,31-33,35,37-38,42-43H,5-16,21-22H2,1-4H3,(H2,39,40,44)/t26-,31+,32-,33+,35?/m0/s1. The second-order valence-corrected chi connectivity index (χ2v) is 12.9. The lowest BCUT2D eigenvalue weighted by atomic mass is 9.65. The van der Waals surface area contributed by atoms with Gasteiger partial charge in [0.15, 0.2) is 29.3 Å². The van der Waals surface area contributed by atoms with Gasteiger partial charge >= 0.3 is 6.03 Å². The number of rotatable bonds is 19. The molecule has 2 heterocycles. The number of carbonyl (C=O) groups is 1. The van der Waals surface area contributed by atoms with Crippen LogP contribution in [0.5, 0.6) is 28.7 Å². The highest BCUT2D eigenvalue weighted by Gasteiger charge is 2.52. The fraction of sp³-hybridized carbons (Fsp3) is 0.639. The van der Waals surface area contributed by atoms with Crippen molar-refractivity contribution in [2.24, 2.45) is 11.8 Å². The molecule has 0 radical (unpaired) electrons. The topological polar surface area (TPSA) is 155 Å². The van der Waals surface area contributed by atoms with Crippen LogP contribution in [0.15, 0.2) is 24.3 Å². The first kappa shape index (κ1) is 36.8. The molecule has 13 nitrogen and oxygen atoms in total. The number of benzene rings is 2. The molecule has 49 heavy (non-hydrogen) atoms. The minimum absolute atomic E-state index is 0.100. The molecule has 1 unspecified atom stereocenters. The largest absolute Gasteiger partial charge is 0.502 e. The van der Waals surface area contributed by atoms with Gasteiger partial charge in [-0.2, -0.15) is 0 Å². The number of phenolic OH excluding ortho intramolecular Hbond substituents is 1. The number of methoxy groups -OCH3 is 2. The summed E-state index contributed by atoms with van der Waals surface area (Å²) in [5.41, 5.74) is 2.48.